The molecule has 0 atom stereocenters. The van der Waals surface area contributed by atoms with E-state index in [-0.39, 0.29) is 18.1 Å². The number of benzene rings is 1. The number of nitrogens with zero attached hydrogens (tertiary/aromatic N) is 1. The summed E-state index contributed by atoms with van der Waals surface area (Å²) in [6.07, 6.45) is 4.21. The number of aryl methyl sites for hydroxylation is 1. The van der Waals surface area contributed by atoms with Gasteiger partial charge < -0.3 is 5.32 Å². The molecular weight excluding hydrogens is 243 g/mol. The minimum Gasteiger partial charge on any atom is -0.338 e. The molecule has 1 fully saturated rings. The highest BCUT2D eigenvalue weighted by Gasteiger charge is 2.35. The first kappa shape index (κ1) is 13.5. The van der Waals surface area contributed by atoms with Gasteiger partial charge in [0.2, 0.25) is 5.91 Å². The molecule has 1 amide bonds. The summed E-state index contributed by atoms with van der Waals surface area (Å²) in [6.45, 7) is 0. The number of nitrogens with one attached hydrogen (secondary N) is 1. The van der Waals surface area contributed by atoms with Crippen LogP contribution >= 0.6 is 0 Å². The van der Waals surface area contributed by atoms with E-state index < -0.39 is 5.54 Å². The van der Waals surface area contributed by atoms with Crippen LogP contribution in [0.3, 0.4) is 0 Å². The quantitative estimate of drug-likeness (QED) is 0.905. The van der Waals surface area contributed by atoms with Crippen LogP contribution in [0.15, 0.2) is 24.3 Å². The number of amides is 1. The van der Waals surface area contributed by atoms with Crippen molar-refractivity contribution in [2.24, 2.45) is 0 Å². The first-order valence-corrected chi connectivity index (χ1v) is 6.60. The van der Waals surface area contributed by atoms with Crippen molar-refractivity contribution < 1.29 is 9.18 Å². The van der Waals surface area contributed by atoms with Crippen LogP contribution in [-0.4, -0.2) is 11.4 Å². The van der Waals surface area contributed by atoms with Crippen LogP contribution in [0.4, 0.5) is 4.39 Å². The highest BCUT2D eigenvalue weighted by molar-refractivity contribution is 5.77. The Morgan fingerprint density at radius 3 is 2.79 bits per heavy atom. The second-order valence-corrected chi connectivity index (χ2v) is 5.08. The van der Waals surface area contributed by atoms with E-state index in [0.717, 1.165) is 31.2 Å². The normalized spacial score (nSPS) is 16.8. The average Bonchev–Trinajstić information content (AvgIpc) is 2.86. The number of nitriles is 1. The number of hydrogen-bond donors (Lipinski definition) is 1. The molecule has 0 saturated heterocycles. The summed E-state index contributed by atoms with van der Waals surface area (Å²) in [5.74, 6) is -0.421. The lowest BCUT2D eigenvalue weighted by Gasteiger charge is -2.21. The summed E-state index contributed by atoms with van der Waals surface area (Å²) in [5, 5.41) is 12.0. The van der Waals surface area contributed by atoms with Crippen molar-refractivity contribution in [3.63, 3.8) is 0 Å². The molecule has 0 unspecified atom stereocenters. The minimum absolute atomic E-state index is 0.132. The Kier molecular flexibility index (Phi) is 4.16. The van der Waals surface area contributed by atoms with Gasteiger partial charge in [0.25, 0.3) is 0 Å². The van der Waals surface area contributed by atoms with Crippen LogP contribution in [0.2, 0.25) is 0 Å². The number of hydrogen-bond acceptors (Lipinski definition) is 2. The third kappa shape index (κ3) is 3.54. The predicted molar refractivity (Wildman–Crippen MR) is 69.7 cm³/mol. The van der Waals surface area contributed by atoms with Gasteiger partial charge in [0, 0.05) is 6.42 Å². The molecule has 0 heterocycles. The maximum Gasteiger partial charge on any atom is 0.221 e. The molecule has 3 nitrogen and oxygen atoms in total. The van der Waals surface area contributed by atoms with Gasteiger partial charge in [-0.2, -0.15) is 5.26 Å². The zero-order valence-corrected chi connectivity index (χ0v) is 10.8. The fraction of sp³-hybridized carbons (Fsp3) is 0.467. The molecule has 0 bridgehead atoms. The van der Waals surface area contributed by atoms with E-state index in [4.69, 9.17) is 0 Å². The zero-order valence-electron chi connectivity index (χ0n) is 10.8. The zero-order chi connectivity index (χ0) is 13.7. The molecule has 1 N–H and O–H groups in total. The van der Waals surface area contributed by atoms with Gasteiger partial charge in [-0.05, 0) is 49.8 Å². The van der Waals surface area contributed by atoms with Crippen LogP contribution in [0, 0.1) is 17.1 Å². The Morgan fingerprint density at radius 1 is 1.42 bits per heavy atom. The molecule has 100 valence electrons. The first-order valence-electron chi connectivity index (χ1n) is 6.60. The molecule has 1 saturated carbocycles. The minimum atomic E-state index is -0.668. The Labute approximate surface area is 112 Å². The number of halogens is 1. The molecule has 0 spiro atoms. The molecule has 0 aliphatic heterocycles. The van der Waals surface area contributed by atoms with E-state index >= 15 is 0 Å². The molecule has 2 rings (SSSR count). The van der Waals surface area contributed by atoms with Gasteiger partial charge in [-0.25, -0.2) is 4.39 Å². The van der Waals surface area contributed by atoms with Crippen molar-refractivity contribution in [1.29, 1.82) is 5.26 Å². The second-order valence-electron chi connectivity index (χ2n) is 5.08. The Hall–Kier alpha value is -1.89. The standard InChI is InChI=1S/C15H17FN2O/c16-13-5-3-4-12(10-13)6-7-14(19)18-15(11-17)8-1-2-9-15/h3-5,10H,1-2,6-9H2,(H,18,19). The fourth-order valence-corrected chi connectivity index (χ4v) is 2.52. The molecule has 0 aromatic heterocycles. The van der Waals surface area contributed by atoms with Crippen LogP contribution in [0.25, 0.3) is 0 Å². The second kappa shape index (κ2) is 5.83. The number of carbonyl (C=O) groups is 1. The lowest BCUT2D eigenvalue weighted by atomic mass is 9.99. The third-order valence-corrected chi connectivity index (χ3v) is 3.58. The van der Waals surface area contributed by atoms with Crippen LogP contribution in [-0.2, 0) is 11.2 Å². The summed E-state index contributed by atoms with van der Waals surface area (Å²) in [7, 11) is 0. The van der Waals surface area contributed by atoms with Gasteiger partial charge in [0.15, 0.2) is 0 Å². The largest absolute Gasteiger partial charge is 0.338 e. The maximum atomic E-state index is 13.0. The van der Waals surface area contributed by atoms with E-state index in [1.165, 1.54) is 12.1 Å². The van der Waals surface area contributed by atoms with E-state index in [1.54, 1.807) is 12.1 Å². The number of rotatable bonds is 4. The summed E-state index contributed by atoms with van der Waals surface area (Å²) in [4.78, 5) is 11.9. The topological polar surface area (TPSA) is 52.9 Å². The van der Waals surface area contributed by atoms with Gasteiger partial charge in [0.05, 0.1) is 6.07 Å². The van der Waals surface area contributed by atoms with Crippen LogP contribution in [0.5, 0.6) is 0 Å². The average molecular weight is 260 g/mol. The van der Waals surface area contributed by atoms with Crippen molar-refractivity contribution >= 4 is 5.91 Å². The Morgan fingerprint density at radius 2 is 2.16 bits per heavy atom. The van der Waals surface area contributed by atoms with E-state index in [0.29, 0.717) is 6.42 Å². The van der Waals surface area contributed by atoms with Gasteiger partial charge in [-0.15, -0.1) is 0 Å². The highest BCUT2D eigenvalue weighted by atomic mass is 19.1. The van der Waals surface area contributed by atoms with Crippen molar-refractivity contribution in [1.82, 2.24) is 5.32 Å². The molecule has 1 aromatic rings. The summed E-state index contributed by atoms with van der Waals surface area (Å²) in [6, 6.07) is 8.47. The van der Waals surface area contributed by atoms with Gasteiger partial charge >= 0.3 is 0 Å². The lowest BCUT2D eigenvalue weighted by Crippen LogP contribution is -2.45. The number of carbonyl (C=O) groups excluding carboxylic acids is 1. The molecule has 0 radical (unpaired) electrons. The smallest absolute Gasteiger partial charge is 0.221 e. The van der Waals surface area contributed by atoms with Gasteiger partial charge in [-0.1, -0.05) is 12.1 Å². The summed E-state index contributed by atoms with van der Waals surface area (Å²) in [5.41, 5.74) is 0.131. The molecule has 1 aromatic carbocycles. The monoisotopic (exact) mass is 260 g/mol. The maximum absolute atomic E-state index is 13.0. The van der Waals surface area contributed by atoms with E-state index in [2.05, 4.69) is 11.4 Å². The van der Waals surface area contributed by atoms with Gasteiger partial charge in [0.1, 0.15) is 11.4 Å². The van der Waals surface area contributed by atoms with E-state index in [9.17, 15) is 14.4 Å². The fourth-order valence-electron chi connectivity index (χ4n) is 2.52. The van der Waals surface area contributed by atoms with Crippen molar-refractivity contribution in [3.8, 4) is 6.07 Å². The van der Waals surface area contributed by atoms with Crippen LogP contribution < -0.4 is 5.32 Å². The molecular formula is C15H17FN2O. The van der Waals surface area contributed by atoms with Crippen molar-refractivity contribution in [2.45, 2.75) is 44.1 Å². The van der Waals surface area contributed by atoms with Crippen molar-refractivity contribution in [3.05, 3.63) is 35.6 Å². The third-order valence-electron chi connectivity index (χ3n) is 3.58. The van der Waals surface area contributed by atoms with E-state index in [1.807, 2.05) is 0 Å². The highest BCUT2D eigenvalue weighted by Crippen LogP contribution is 2.28. The molecule has 1 aliphatic carbocycles. The summed E-state index contributed by atoms with van der Waals surface area (Å²) < 4.78 is 13.0. The molecule has 1 aliphatic rings. The predicted octanol–water partition coefficient (Wildman–Crippen LogP) is 2.71. The van der Waals surface area contributed by atoms with Gasteiger partial charge in [-0.3, -0.25) is 4.79 Å². The molecule has 4 heteroatoms. The first-order chi connectivity index (χ1) is 9.13. The Balaban J connectivity index is 1.87. The summed E-state index contributed by atoms with van der Waals surface area (Å²) >= 11 is 0. The lowest BCUT2D eigenvalue weighted by molar-refractivity contribution is -0.122. The molecule has 19 heavy (non-hydrogen) atoms. The van der Waals surface area contributed by atoms with Crippen LogP contribution in [0.1, 0.15) is 37.7 Å². The van der Waals surface area contributed by atoms with Crippen molar-refractivity contribution in [2.75, 3.05) is 0 Å². The Bertz CT molecular complexity index is 501. The SMILES string of the molecule is N#CC1(NC(=O)CCc2cccc(F)c2)CCCC1.